The van der Waals surface area contributed by atoms with E-state index in [0.717, 1.165) is 30.1 Å². The molecule has 0 saturated carbocycles. The first-order chi connectivity index (χ1) is 16.0. The monoisotopic (exact) mass is 483 g/mol. The summed E-state index contributed by atoms with van der Waals surface area (Å²) in [5.41, 5.74) is 3.42. The largest absolute Gasteiger partial charge is 0.322 e. The number of fused-ring (bicyclic) bond motifs is 5. The number of urea groups is 1. The second-order valence-electron chi connectivity index (χ2n) is 8.07. The van der Waals surface area contributed by atoms with Crippen molar-refractivity contribution in [1.82, 2.24) is 28.8 Å². The van der Waals surface area contributed by atoms with Crippen LogP contribution < -0.4 is 10.9 Å². The number of hydrogen-bond acceptors (Lipinski definition) is 7. The van der Waals surface area contributed by atoms with Crippen molar-refractivity contribution in [3.8, 4) is 11.1 Å². The number of amides is 2. The SMILES string of the molecule is O=C(Nc1cc(Cl)c(-c2cnc3nsnc3c2)cc1F)N1[C@H]2CC[C@@H]1c1n[nH]c(=O)cc1C2. The number of carbonyl (C=O) groups excluding carboxylic acids is 1. The van der Waals surface area contributed by atoms with Crippen molar-refractivity contribution in [1.29, 1.82) is 0 Å². The molecular formula is C21H15ClFN7O2S. The lowest BCUT2D eigenvalue weighted by atomic mass is 9.99. The van der Waals surface area contributed by atoms with Gasteiger partial charge in [0.25, 0.3) is 5.56 Å². The highest BCUT2D eigenvalue weighted by Crippen LogP contribution is 2.42. The van der Waals surface area contributed by atoms with Crippen LogP contribution in [0.15, 0.2) is 35.3 Å². The Kier molecular flexibility index (Phi) is 4.63. The van der Waals surface area contributed by atoms with Crippen molar-refractivity contribution in [2.45, 2.75) is 31.3 Å². The second kappa shape index (κ2) is 7.56. The van der Waals surface area contributed by atoms with Crippen LogP contribution in [0.25, 0.3) is 22.3 Å². The molecule has 3 aromatic heterocycles. The Morgan fingerprint density at radius 1 is 1.24 bits per heavy atom. The number of pyridine rings is 1. The molecule has 6 rings (SSSR count). The second-order valence-corrected chi connectivity index (χ2v) is 9.01. The molecule has 0 spiro atoms. The van der Waals surface area contributed by atoms with Crippen LogP contribution in [0, 0.1) is 5.82 Å². The van der Waals surface area contributed by atoms with E-state index in [-0.39, 0.29) is 28.4 Å². The number of anilines is 1. The number of hydrogen-bond donors (Lipinski definition) is 2. The molecule has 1 saturated heterocycles. The van der Waals surface area contributed by atoms with Crippen molar-refractivity contribution in [3.05, 3.63) is 62.9 Å². The predicted octanol–water partition coefficient (Wildman–Crippen LogP) is 3.92. The normalized spacial score (nSPS) is 19.0. The molecule has 1 fully saturated rings. The van der Waals surface area contributed by atoms with E-state index in [0.29, 0.717) is 34.4 Å². The zero-order valence-electron chi connectivity index (χ0n) is 16.9. The predicted molar refractivity (Wildman–Crippen MR) is 121 cm³/mol. The fraction of sp³-hybridized carbons (Fsp3) is 0.238. The fourth-order valence-corrected chi connectivity index (χ4v) is 5.45. The lowest BCUT2D eigenvalue weighted by molar-refractivity contribution is 0.177. The maximum Gasteiger partial charge on any atom is 0.322 e. The van der Waals surface area contributed by atoms with Crippen molar-refractivity contribution >= 4 is 46.2 Å². The molecule has 2 atom stereocenters. The molecule has 166 valence electrons. The maximum atomic E-state index is 15.0. The standard InChI is InChI=1S/C21H15ClFN7O2S/c22-13-7-15(14(23)6-12(13)10-4-16-20(24-8-10)29-33-28-16)25-21(32)30-11-1-2-17(30)19-9(3-11)5-18(31)26-27-19/h4-8,11,17H,1-3H2,(H,25,32)(H,26,31)/t11-,17+/m0/s1. The zero-order chi connectivity index (χ0) is 22.7. The molecule has 0 aliphatic carbocycles. The maximum absolute atomic E-state index is 15.0. The number of carbonyl (C=O) groups is 1. The highest BCUT2D eigenvalue weighted by atomic mass is 35.5. The van der Waals surface area contributed by atoms with Crippen molar-refractivity contribution < 1.29 is 9.18 Å². The van der Waals surface area contributed by atoms with Crippen LogP contribution in [0.5, 0.6) is 0 Å². The van der Waals surface area contributed by atoms with Gasteiger partial charge in [0.2, 0.25) is 0 Å². The lowest BCUT2D eigenvalue weighted by Gasteiger charge is -2.35. The van der Waals surface area contributed by atoms with E-state index >= 15 is 4.39 Å². The minimum Gasteiger partial charge on any atom is -0.313 e. The number of nitrogens with zero attached hydrogens (tertiary/aromatic N) is 5. The minimum absolute atomic E-state index is 0.0160. The average Bonchev–Trinajstić information content (AvgIpc) is 3.39. The third-order valence-electron chi connectivity index (χ3n) is 6.15. The Bertz CT molecular complexity index is 1490. The summed E-state index contributed by atoms with van der Waals surface area (Å²) in [5, 5.41) is 9.53. The van der Waals surface area contributed by atoms with Gasteiger partial charge in [-0.15, -0.1) is 0 Å². The summed E-state index contributed by atoms with van der Waals surface area (Å²) in [7, 11) is 0. The van der Waals surface area contributed by atoms with Gasteiger partial charge in [0.05, 0.1) is 34.2 Å². The van der Waals surface area contributed by atoms with Crippen LogP contribution in [-0.2, 0) is 6.42 Å². The first-order valence-electron chi connectivity index (χ1n) is 10.2. The third-order valence-corrected chi connectivity index (χ3v) is 7.00. The summed E-state index contributed by atoms with van der Waals surface area (Å²) in [6, 6.07) is 5.17. The van der Waals surface area contributed by atoms with Crippen LogP contribution in [0.3, 0.4) is 0 Å². The van der Waals surface area contributed by atoms with E-state index in [1.807, 2.05) is 0 Å². The number of H-pyrrole nitrogens is 1. The van der Waals surface area contributed by atoms with E-state index in [2.05, 4.69) is 29.2 Å². The third kappa shape index (κ3) is 3.35. The number of benzene rings is 1. The molecule has 33 heavy (non-hydrogen) atoms. The van der Waals surface area contributed by atoms with Gasteiger partial charge in [-0.25, -0.2) is 19.3 Å². The van der Waals surface area contributed by atoms with E-state index < -0.39 is 11.8 Å². The molecule has 1 aromatic carbocycles. The van der Waals surface area contributed by atoms with Gasteiger partial charge in [-0.1, -0.05) is 11.6 Å². The van der Waals surface area contributed by atoms with Crippen LogP contribution in [0.4, 0.5) is 14.9 Å². The molecule has 2 amide bonds. The topological polar surface area (TPSA) is 117 Å². The average molecular weight is 484 g/mol. The number of aromatic amines is 1. The van der Waals surface area contributed by atoms with Crippen molar-refractivity contribution in [2.75, 3.05) is 5.32 Å². The van der Waals surface area contributed by atoms with Gasteiger partial charge >= 0.3 is 6.03 Å². The number of rotatable bonds is 2. The van der Waals surface area contributed by atoms with E-state index in [4.69, 9.17) is 11.6 Å². The molecule has 2 aliphatic rings. The number of halogens is 2. The molecule has 12 heteroatoms. The number of nitrogens with one attached hydrogen (secondary N) is 2. The van der Waals surface area contributed by atoms with Gasteiger partial charge in [-0.2, -0.15) is 13.8 Å². The van der Waals surface area contributed by atoms with Crippen LogP contribution in [-0.4, -0.2) is 40.9 Å². The van der Waals surface area contributed by atoms with Gasteiger partial charge in [0.15, 0.2) is 5.65 Å². The zero-order valence-corrected chi connectivity index (χ0v) is 18.5. The minimum atomic E-state index is -0.619. The molecule has 2 aliphatic heterocycles. The lowest BCUT2D eigenvalue weighted by Crippen LogP contribution is -2.45. The smallest absolute Gasteiger partial charge is 0.313 e. The molecule has 0 unspecified atom stereocenters. The summed E-state index contributed by atoms with van der Waals surface area (Å²) >= 11 is 7.49. The van der Waals surface area contributed by atoms with Gasteiger partial charge in [0, 0.05) is 29.4 Å². The molecule has 4 aromatic rings. The van der Waals surface area contributed by atoms with Gasteiger partial charge in [0.1, 0.15) is 11.3 Å². The number of aromatic nitrogens is 5. The van der Waals surface area contributed by atoms with Gasteiger partial charge in [-0.05, 0) is 43.0 Å². The van der Waals surface area contributed by atoms with Crippen LogP contribution in [0.2, 0.25) is 5.02 Å². The Morgan fingerprint density at radius 3 is 3.00 bits per heavy atom. The molecule has 2 N–H and O–H groups in total. The van der Waals surface area contributed by atoms with Gasteiger partial charge in [-0.3, -0.25) is 4.79 Å². The fourth-order valence-electron chi connectivity index (χ4n) is 4.69. The summed E-state index contributed by atoms with van der Waals surface area (Å²) in [6.07, 6.45) is 3.61. The molecule has 5 heterocycles. The quantitative estimate of drug-likeness (QED) is 0.446. The van der Waals surface area contributed by atoms with Crippen LogP contribution >= 0.6 is 23.3 Å². The first kappa shape index (κ1) is 20.2. The van der Waals surface area contributed by atoms with Crippen LogP contribution in [0.1, 0.15) is 30.1 Å². The highest BCUT2D eigenvalue weighted by molar-refractivity contribution is 7.00. The summed E-state index contributed by atoms with van der Waals surface area (Å²) in [5.74, 6) is -0.619. The Hall–Kier alpha value is -3.44. The summed E-state index contributed by atoms with van der Waals surface area (Å²) in [6.45, 7) is 0. The summed E-state index contributed by atoms with van der Waals surface area (Å²) < 4.78 is 23.2. The first-order valence-corrected chi connectivity index (χ1v) is 11.3. The Morgan fingerprint density at radius 2 is 2.12 bits per heavy atom. The van der Waals surface area contributed by atoms with E-state index in [1.165, 1.54) is 18.2 Å². The molecule has 9 nitrogen and oxygen atoms in total. The van der Waals surface area contributed by atoms with E-state index in [9.17, 15) is 9.59 Å². The highest BCUT2D eigenvalue weighted by Gasteiger charge is 2.44. The summed E-state index contributed by atoms with van der Waals surface area (Å²) in [4.78, 5) is 30.6. The molecular weight excluding hydrogens is 469 g/mol. The van der Waals surface area contributed by atoms with E-state index in [1.54, 1.807) is 17.2 Å². The molecule has 0 radical (unpaired) electrons. The Labute approximate surface area is 194 Å². The van der Waals surface area contributed by atoms with Crippen molar-refractivity contribution in [2.24, 2.45) is 0 Å². The molecule has 2 bridgehead atoms. The Balaban J connectivity index is 1.28. The van der Waals surface area contributed by atoms with Crippen molar-refractivity contribution in [3.63, 3.8) is 0 Å². The van der Waals surface area contributed by atoms with Gasteiger partial charge < -0.3 is 10.2 Å².